The van der Waals surface area contributed by atoms with Crippen LogP contribution in [-0.4, -0.2) is 46.9 Å². The molecule has 400 valence electrons. The average molecular weight is 957 g/mol. The number of carbonyl (C=O) groups excluding carboxylic acids is 2. The van der Waals surface area contributed by atoms with Gasteiger partial charge in [0.15, 0.2) is 0 Å². The number of allylic oxidation sites excluding steroid dienone is 6. The third-order valence-electron chi connectivity index (χ3n) is 14.0. The predicted molar refractivity (Wildman–Crippen MR) is 296 cm³/mol. The molecule has 0 saturated carbocycles. The van der Waals surface area contributed by atoms with Crippen LogP contribution in [0.5, 0.6) is 0 Å². The molecule has 3 N–H and O–H groups in total. The van der Waals surface area contributed by atoms with Crippen LogP contribution < -0.4 is 5.32 Å². The zero-order valence-electron chi connectivity index (χ0n) is 45.8. The number of esters is 1. The minimum Gasteiger partial charge on any atom is -0.462 e. The lowest BCUT2D eigenvalue weighted by atomic mass is 10.0. The molecule has 0 spiro atoms. The topological polar surface area (TPSA) is 95.9 Å². The van der Waals surface area contributed by atoms with Crippen molar-refractivity contribution in [1.82, 2.24) is 5.32 Å². The van der Waals surface area contributed by atoms with Gasteiger partial charge in [-0.1, -0.05) is 269 Å². The van der Waals surface area contributed by atoms with Gasteiger partial charge in [-0.3, -0.25) is 9.59 Å². The van der Waals surface area contributed by atoms with E-state index in [0.717, 1.165) is 70.6 Å². The van der Waals surface area contributed by atoms with Crippen LogP contribution in [0, 0.1) is 0 Å². The fourth-order valence-corrected chi connectivity index (χ4v) is 9.36. The second kappa shape index (κ2) is 56.0. The van der Waals surface area contributed by atoms with Crippen molar-refractivity contribution >= 4 is 11.9 Å². The lowest BCUT2D eigenvalue weighted by Gasteiger charge is -2.24. The lowest BCUT2D eigenvalue weighted by molar-refractivity contribution is -0.151. The molecule has 6 heteroatoms. The summed E-state index contributed by atoms with van der Waals surface area (Å²) in [5.74, 6) is -0.492. The highest BCUT2D eigenvalue weighted by Gasteiger charge is 2.24. The molecule has 0 aliphatic rings. The Morgan fingerprint density at radius 3 is 1.15 bits per heavy atom. The number of amides is 1. The van der Waals surface area contributed by atoms with Gasteiger partial charge in [-0.2, -0.15) is 0 Å². The monoisotopic (exact) mass is 956 g/mol. The van der Waals surface area contributed by atoms with Crippen molar-refractivity contribution in [3.63, 3.8) is 0 Å². The average Bonchev–Trinajstić information content (AvgIpc) is 3.33. The second-order valence-corrected chi connectivity index (χ2v) is 20.8. The van der Waals surface area contributed by atoms with Crippen molar-refractivity contribution in [1.29, 1.82) is 0 Å². The van der Waals surface area contributed by atoms with E-state index in [1.165, 1.54) is 205 Å². The van der Waals surface area contributed by atoms with Gasteiger partial charge in [-0.25, -0.2) is 0 Å². The summed E-state index contributed by atoms with van der Waals surface area (Å²) in [4.78, 5) is 26.3. The van der Waals surface area contributed by atoms with E-state index in [-0.39, 0.29) is 24.9 Å². The van der Waals surface area contributed by atoms with Crippen LogP contribution in [-0.2, 0) is 14.3 Å². The fourth-order valence-electron chi connectivity index (χ4n) is 9.36. The van der Waals surface area contributed by atoms with Gasteiger partial charge in [-0.05, 0) is 77.0 Å². The molecule has 0 saturated heterocycles. The molecule has 0 aliphatic heterocycles. The number of hydrogen-bond donors (Lipinski definition) is 3. The minimum absolute atomic E-state index is 0.0638. The van der Waals surface area contributed by atoms with Crippen LogP contribution in [0.25, 0.3) is 0 Å². The highest BCUT2D eigenvalue weighted by atomic mass is 16.5. The maximum atomic E-state index is 13.3. The molecule has 0 rings (SSSR count). The zero-order chi connectivity index (χ0) is 49.5. The van der Waals surface area contributed by atoms with Crippen molar-refractivity contribution in [2.24, 2.45) is 0 Å². The first-order valence-corrected chi connectivity index (χ1v) is 30.2. The Morgan fingerprint density at radius 2 is 0.750 bits per heavy atom. The van der Waals surface area contributed by atoms with Gasteiger partial charge in [0.05, 0.1) is 25.2 Å². The van der Waals surface area contributed by atoms with Crippen LogP contribution in [0.4, 0.5) is 0 Å². The maximum Gasteiger partial charge on any atom is 0.306 e. The number of carbonyl (C=O) groups is 2. The smallest absolute Gasteiger partial charge is 0.306 e. The van der Waals surface area contributed by atoms with E-state index in [9.17, 15) is 19.8 Å². The summed E-state index contributed by atoms with van der Waals surface area (Å²) in [5.41, 5.74) is 0. The van der Waals surface area contributed by atoms with Gasteiger partial charge in [-0.15, -0.1) is 0 Å². The molecular weight excluding hydrogens is 839 g/mol. The second-order valence-electron chi connectivity index (χ2n) is 20.8. The van der Waals surface area contributed by atoms with Crippen LogP contribution in [0.2, 0.25) is 0 Å². The Balaban J connectivity index is 4.54. The predicted octanol–water partition coefficient (Wildman–Crippen LogP) is 18.8. The SMILES string of the molecule is CCCCCCCCC/C=C/C=C/CCCCCCCC(=O)OC(CCCCC/C=C/CCCCCCCCC)CC(=O)NC(CO)C(O)CCCCCCCCCCCCCCCCCCC. The number of hydrogen-bond acceptors (Lipinski definition) is 5. The number of nitrogens with one attached hydrogen (secondary N) is 1. The van der Waals surface area contributed by atoms with Crippen molar-refractivity contribution in [2.75, 3.05) is 6.61 Å². The highest BCUT2D eigenvalue weighted by Crippen LogP contribution is 2.18. The maximum absolute atomic E-state index is 13.3. The van der Waals surface area contributed by atoms with Gasteiger partial charge in [0.1, 0.15) is 6.10 Å². The summed E-state index contributed by atoms with van der Waals surface area (Å²) in [6.07, 6.45) is 67.8. The molecule has 0 radical (unpaired) electrons. The molecule has 0 aliphatic carbocycles. The van der Waals surface area contributed by atoms with Crippen molar-refractivity contribution < 1.29 is 24.5 Å². The minimum atomic E-state index is -0.794. The van der Waals surface area contributed by atoms with E-state index in [1.54, 1.807) is 0 Å². The van der Waals surface area contributed by atoms with E-state index < -0.39 is 18.2 Å². The molecule has 0 aromatic heterocycles. The summed E-state index contributed by atoms with van der Waals surface area (Å²) >= 11 is 0. The van der Waals surface area contributed by atoms with Crippen molar-refractivity contribution in [2.45, 2.75) is 341 Å². The summed E-state index contributed by atoms with van der Waals surface area (Å²) < 4.78 is 5.96. The van der Waals surface area contributed by atoms with Crippen LogP contribution in [0.1, 0.15) is 323 Å². The molecule has 1 amide bonds. The van der Waals surface area contributed by atoms with Crippen LogP contribution in [0.3, 0.4) is 0 Å². The van der Waals surface area contributed by atoms with Crippen LogP contribution >= 0.6 is 0 Å². The largest absolute Gasteiger partial charge is 0.462 e. The Labute approximate surface area is 424 Å². The lowest BCUT2D eigenvalue weighted by Crippen LogP contribution is -2.46. The zero-order valence-corrected chi connectivity index (χ0v) is 45.8. The molecule has 68 heavy (non-hydrogen) atoms. The number of aliphatic hydroxyl groups is 2. The number of rotatable bonds is 55. The molecular formula is C62H117NO5. The first kappa shape index (κ1) is 66.1. The van der Waals surface area contributed by atoms with Crippen molar-refractivity contribution in [3.05, 3.63) is 36.5 Å². The molecule has 0 fully saturated rings. The normalized spacial score (nSPS) is 13.3. The van der Waals surface area contributed by atoms with Gasteiger partial charge < -0.3 is 20.3 Å². The Bertz CT molecular complexity index is 1120. The summed E-state index contributed by atoms with van der Waals surface area (Å²) in [6.45, 7) is 6.51. The Hall–Kier alpha value is -1.92. The first-order chi connectivity index (χ1) is 33.5. The highest BCUT2D eigenvalue weighted by molar-refractivity contribution is 5.77. The summed E-state index contributed by atoms with van der Waals surface area (Å²) in [6, 6.07) is -0.709. The molecule has 0 aromatic carbocycles. The number of ether oxygens (including phenoxy) is 1. The number of aliphatic hydroxyl groups excluding tert-OH is 2. The third-order valence-corrected chi connectivity index (χ3v) is 14.0. The van der Waals surface area contributed by atoms with Gasteiger partial charge in [0.2, 0.25) is 5.91 Å². The summed E-state index contributed by atoms with van der Waals surface area (Å²) in [7, 11) is 0. The molecule has 6 nitrogen and oxygen atoms in total. The molecule has 0 aromatic rings. The molecule has 0 bridgehead atoms. The van der Waals surface area contributed by atoms with Crippen molar-refractivity contribution in [3.8, 4) is 0 Å². The van der Waals surface area contributed by atoms with E-state index in [2.05, 4.69) is 62.5 Å². The standard InChI is InChI=1S/C62H117NO5/c1-4-7-10-13-16-19-22-25-28-30-32-34-37-40-43-46-49-52-55-62(67)68-58(53-50-47-44-41-38-35-27-24-21-18-15-12-9-6-3)56-61(66)63-59(57-64)60(65)54-51-48-45-42-39-36-33-31-29-26-23-20-17-14-11-8-5-2/h28,30,32,34-35,38,58-60,64-65H,4-27,29,31,33,36-37,39-57H2,1-3H3,(H,63,66)/b30-28+,34-32+,38-35+. The number of unbranched alkanes of at least 4 members (excludes halogenated alkanes) is 38. The molecule has 0 heterocycles. The van der Waals surface area contributed by atoms with E-state index in [4.69, 9.17) is 4.74 Å². The van der Waals surface area contributed by atoms with Gasteiger partial charge in [0, 0.05) is 6.42 Å². The molecule has 3 unspecified atom stereocenters. The van der Waals surface area contributed by atoms with E-state index in [1.807, 2.05) is 0 Å². The first-order valence-electron chi connectivity index (χ1n) is 30.2. The Morgan fingerprint density at radius 1 is 0.426 bits per heavy atom. The van der Waals surface area contributed by atoms with Gasteiger partial charge in [0.25, 0.3) is 0 Å². The fraction of sp³-hybridized carbons (Fsp3) is 0.871. The van der Waals surface area contributed by atoms with Gasteiger partial charge >= 0.3 is 5.97 Å². The van der Waals surface area contributed by atoms with E-state index in [0.29, 0.717) is 19.3 Å². The summed E-state index contributed by atoms with van der Waals surface area (Å²) in [5, 5.41) is 23.9. The molecule has 3 atom stereocenters. The third kappa shape index (κ3) is 50.5. The Kier molecular flexibility index (Phi) is 54.4. The quantitative estimate of drug-likeness (QED) is 0.0244. The van der Waals surface area contributed by atoms with Crippen LogP contribution in [0.15, 0.2) is 36.5 Å². The van der Waals surface area contributed by atoms with E-state index >= 15 is 0 Å².